The molecule has 3 nitrogen and oxygen atoms in total. The summed E-state index contributed by atoms with van der Waals surface area (Å²) in [6.07, 6.45) is 2.73. The molecule has 0 aromatic heterocycles. The molecule has 0 amide bonds. The molecule has 1 saturated carbocycles. The number of para-hydroxylation sites is 1. The molecule has 3 heteroatoms. The Hall–Kier alpha value is -1.22. The maximum Gasteiger partial charge on any atom is 0.146 e. The molecule has 0 unspecified atom stereocenters. The molecule has 0 saturated heterocycles. The summed E-state index contributed by atoms with van der Waals surface area (Å²) in [4.78, 5) is 2.55. The normalized spacial score (nSPS) is 18.5. The third-order valence-electron chi connectivity index (χ3n) is 3.60. The van der Waals surface area contributed by atoms with Gasteiger partial charge in [0, 0.05) is 24.7 Å². The Bertz CT molecular complexity index is 401. The Balaban J connectivity index is 1.81. The van der Waals surface area contributed by atoms with E-state index in [0.717, 1.165) is 43.7 Å². The number of hydrogen-bond acceptors (Lipinski definition) is 3. The molecule has 1 fully saturated rings. The van der Waals surface area contributed by atoms with E-state index in [9.17, 15) is 0 Å². The van der Waals surface area contributed by atoms with Crippen LogP contribution in [0.2, 0.25) is 0 Å². The largest absolute Gasteiger partial charge is 0.489 e. The van der Waals surface area contributed by atoms with Crippen LogP contribution in [0.4, 0.5) is 5.69 Å². The second-order valence-corrected chi connectivity index (χ2v) is 4.86. The number of anilines is 1. The van der Waals surface area contributed by atoms with Crippen LogP contribution in [0.15, 0.2) is 18.2 Å². The molecule has 1 N–H and O–H groups in total. The van der Waals surface area contributed by atoms with Crippen LogP contribution in [-0.4, -0.2) is 30.6 Å². The van der Waals surface area contributed by atoms with Crippen molar-refractivity contribution in [3.05, 3.63) is 23.8 Å². The number of benzene rings is 1. The van der Waals surface area contributed by atoms with Crippen molar-refractivity contribution < 1.29 is 4.74 Å². The fourth-order valence-electron chi connectivity index (χ4n) is 2.52. The summed E-state index contributed by atoms with van der Waals surface area (Å²) in [7, 11) is 0. The van der Waals surface area contributed by atoms with Crippen LogP contribution in [0.3, 0.4) is 0 Å². The standard InChI is InChI=1S/C14H20N2O/c1-2-16(12-6-7-12)10-11-4-3-5-13-14(11)17-9-8-15-13/h3-5,12,15H,2,6-10H2,1H3. The summed E-state index contributed by atoms with van der Waals surface area (Å²) < 4.78 is 5.81. The van der Waals surface area contributed by atoms with Gasteiger partial charge in [0.2, 0.25) is 0 Å². The third-order valence-corrected chi connectivity index (χ3v) is 3.60. The smallest absolute Gasteiger partial charge is 0.146 e. The highest BCUT2D eigenvalue weighted by atomic mass is 16.5. The van der Waals surface area contributed by atoms with Crippen LogP contribution >= 0.6 is 0 Å². The number of nitrogens with one attached hydrogen (secondary N) is 1. The first kappa shape index (κ1) is 10.9. The molecule has 1 aromatic carbocycles. The van der Waals surface area contributed by atoms with Crippen LogP contribution in [0.25, 0.3) is 0 Å². The van der Waals surface area contributed by atoms with E-state index in [1.54, 1.807) is 0 Å². The van der Waals surface area contributed by atoms with Crippen molar-refractivity contribution in [2.75, 3.05) is 25.0 Å². The fourth-order valence-corrected chi connectivity index (χ4v) is 2.52. The van der Waals surface area contributed by atoms with Crippen molar-refractivity contribution >= 4 is 5.69 Å². The van der Waals surface area contributed by atoms with E-state index in [-0.39, 0.29) is 0 Å². The lowest BCUT2D eigenvalue weighted by Gasteiger charge is -2.25. The fraction of sp³-hybridized carbons (Fsp3) is 0.571. The highest BCUT2D eigenvalue weighted by Crippen LogP contribution is 2.34. The summed E-state index contributed by atoms with van der Waals surface area (Å²) in [5.74, 6) is 1.07. The van der Waals surface area contributed by atoms with E-state index in [0.29, 0.717) is 0 Å². The van der Waals surface area contributed by atoms with Gasteiger partial charge in [0.1, 0.15) is 12.4 Å². The van der Waals surface area contributed by atoms with Crippen LogP contribution in [-0.2, 0) is 6.54 Å². The molecule has 1 heterocycles. The van der Waals surface area contributed by atoms with E-state index in [1.165, 1.54) is 18.4 Å². The molecule has 0 atom stereocenters. The molecule has 92 valence electrons. The molecule has 0 radical (unpaired) electrons. The molecule has 2 aliphatic rings. The molecule has 3 rings (SSSR count). The van der Waals surface area contributed by atoms with Gasteiger partial charge in [0.15, 0.2) is 0 Å². The highest BCUT2D eigenvalue weighted by molar-refractivity contribution is 5.61. The molecular formula is C14H20N2O. The summed E-state index contributed by atoms with van der Waals surface area (Å²) in [6.45, 7) is 6.08. The van der Waals surface area contributed by atoms with Crippen molar-refractivity contribution in [2.24, 2.45) is 0 Å². The molecule has 1 aliphatic heterocycles. The number of fused-ring (bicyclic) bond motifs is 1. The average molecular weight is 232 g/mol. The van der Waals surface area contributed by atoms with Gasteiger partial charge < -0.3 is 10.1 Å². The lowest BCUT2D eigenvalue weighted by atomic mass is 10.1. The predicted octanol–water partition coefficient (Wildman–Crippen LogP) is 2.48. The maximum absolute atomic E-state index is 5.81. The summed E-state index contributed by atoms with van der Waals surface area (Å²) in [5.41, 5.74) is 2.48. The zero-order valence-electron chi connectivity index (χ0n) is 10.4. The quantitative estimate of drug-likeness (QED) is 0.863. The first-order valence-electron chi connectivity index (χ1n) is 6.61. The van der Waals surface area contributed by atoms with E-state index >= 15 is 0 Å². The van der Waals surface area contributed by atoms with Gasteiger partial charge in [-0.05, 0) is 25.5 Å². The molecule has 0 bridgehead atoms. The Morgan fingerprint density at radius 2 is 2.29 bits per heavy atom. The van der Waals surface area contributed by atoms with Crippen molar-refractivity contribution in [3.8, 4) is 5.75 Å². The first-order chi connectivity index (χ1) is 8.38. The van der Waals surface area contributed by atoms with Crippen molar-refractivity contribution in [1.29, 1.82) is 0 Å². The lowest BCUT2D eigenvalue weighted by Crippen LogP contribution is -2.26. The van der Waals surface area contributed by atoms with Crippen LogP contribution in [0.1, 0.15) is 25.3 Å². The van der Waals surface area contributed by atoms with Crippen LogP contribution in [0, 0.1) is 0 Å². The van der Waals surface area contributed by atoms with Gasteiger partial charge in [0.05, 0.1) is 5.69 Å². The zero-order chi connectivity index (χ0) is 11.7. The summed E-state index contributed by atoms with van der Waals surface area (Å²) >= 11 is 0. The van der Waals surface area contributed by atoms with E-state index < -0.39 is 0 Å². The molecule has 17 heavy (non-hydrogen) atoms. The topological polar surface area (TPSA) is 24.5 Å². The Morgan fingerprint density at radius 3 is 3.06 bits per heavy atom. The van der Waals surface area contributed by atoms with Gasteiger partial charge in [-0.1, -0.05) is 19.1 Å². The number of rotatable bonds is 4. The lowest BCUT2D eigenvalue weighted by molar-refractivity contribution is 0.258. The second-order valence-electron chi connectivity index (χ2n) is 4.86. The van der Waals surface area contributed by atoms with Gasteiger partial charge in [-0.15, -0.1) is 0 Å². The summed E-state index contributed by atoms with van der Waals surface area (Å²) in [6, 6.07) is 7.23. The van der Waals surface area contributed by atoms with Gasteiger partial charge in [0.25, 0.3) is 0 Å². The Labute approximate surface area is 103 Å². The zero-order valence-corrected chi connectivity index (χ0v) is 10.4. The van der Waals surface area contributed by atoms with Crippen molar-refractivity contribution in [3.63, 3.8) is 0 Å². The van der Waals surface area contributed by atoms with Crippen LogP contribution < -0.4 is 10.1 Å². The van der Waals surface area contributed by atoms with Gasteiger partial charge in [-0.2, -0.15) is 0 Å². The first-order valence-corrected chi connectivity index (χ1v) is 6.61. The minimum atomic E-state index is 0.777. The number of hydrogen-bond donors (Lipinski definition) is 1. The molecule has 1 aliphatic carbocycles. The number of ether oxygens (including phenoxy) is 1. The van der Waals surface area contributed by atoms with Gasteiger partial charge in [-0.25, -0.2) is 0 Å². The minimum absolute atomic E-state index is 0.777. The molecular weight excluding hydrogens is 212 g/mol. The summed E-state index contributed by atoms with van der Waals surface area (Å²) in [5, 5.41) is 3.40. The van der Waals surface area contributed by atoms with E-state index in [2.05, 4.69) is 35.3 Å². The van der Waals surface area contributed by atoms with Crippen LogP contribution in [0.5, 0.6) is 5.75 Å². The Morgan fingerprint density at radius 1 is 1.41 bits per heavy atom. The van der Waals surface area contributed by atoms with Gasteiger partial charge in [-0.3, -0.25) is 4.90 Å². The third kappa shape index (κ3) is 2.25. The van der Waals surface area contributed by atoms with Gasteiger partial charge >= 0.3 is 0 Å². The minimum Gasteiger partial charge on any atom is -0.489 e. The molecule has 1 aromatic rings. The maximum atomic E-state index is 5.81. The molecule has 0 spiro atoms. The predicted molar refractivity (Wildman–Crippen MR) is 69.5 cm³/mol. The SMILES string of the molecule is CCN(Cc1cccc2c1OCCN2)C1CC1. The number of nitrogens with zero attached hydrogens (tertiary/aromatic N) is 1. The van der Waals surface area contributed by atoms with Crippen molar-refractivity contribution in [2.45, 2.75) is 32.4 Å². The Kier molecular flexibility index (Phi) is 2.93. The van der Waals surface area contributed by atoms with E-state index in [1.807, 2.05) is 0 Å². The monoisotopic (exact) mass is 232 g/mol. The van der Waals surface area contributed by atoms with Crippen molar-refractivity contribution in [1.82, 2.24) is 4.90 Å². The average Bonchev–Trinajstić information content (AvgIpc) is 3.20. The highest BCUT2D eigenvalue weighted by Gasteiger charge is 2.28. The van der Waals surface area contributed by atoms with E-state index in [4.69, 9.17) is 4.74 Å². The second kappa shape index (κ2) is 4.57.